The summed E-state index contributed by atoms with van der Waals surface area (Å²) in [6.45, 7) is 5.47. The summed E-state index contributed by atoms with van der Waals surface area (Å²) < 4.78 is 0. The number of amides is 1. The second-order valence-electron chi connectivity index (χ2n) is 6.26. The third-order valence-corrected chi connectivity index (χ3v) is 5.69. The van der Waals surface area contributed by atoms with Crippen molar-refractivity contribution in [2.24, 2.45) is 4.99 Å². The topological polar surface area (TPSA) is 85.8 Å². The van der Waals surface area contributed by atoms with Crippen LogP contribution in [0.15, 0.2) is 40.7 Å². The van der Waals surface area contributed by atoms with Crippen LogP contribution in [-0.2, 0) is 5.60 Å². The van der Waals surface area contributed by atoms with E-state index >= 15 is 0 Å². The predicted molar refractivity (Wildman–Crippen MR) is 132 cm³/mol. The van der Waals surface area contributed by atoms with E-state index in [2.05, 4.69) is 20.9 Å². The van der Waals surface area contributed by atoms with E-state index in [1.807, 2.05) is 24.4 Å². The second kappa shape index (κ2) is 12.6. The van der Waals surface area contributed by atoms with Gasteiger partial charge in [0.2, 0.25) is 0 Å². The van der Waals surface area contributed by atoms with Crippen LogP contribution in [0.25, 0.3) is 0 Å². The van der Waals surface area contributed by atoms with E-state index in [4.69, 9.17) is 23.2 Å². The lowest BCUT2D eigenvalue weighted by Gasteiger charge is -2.20. The molecule has 0 saturated heterocycles. The van der Waals surface area contributed by atoms with Crippen molar-refractivity contribution in [2.45, 2.75) is 19.4 Å². The molecule has 160 valence electrons. The number of guanidine groups is 1. The molecule has 1 amide bonds. The van der Waals surface area contributed by atoms with Crippen LogP contribution in [0, 0.1) is 0 Å². The largest absolute Gasteiger partial charge is 0.383 e. The molecule has 0 aliphatic carbocycles. The van der Waals surface area contributed by atoms with Gasteiger partial charge in [-0.2, -0.15) is 0 Å². The Labute approximate surface area is 202 Å². The molecular formula is C19H25Cl2IN4O2S. The van der Waals surface area contributed by atoms with Crippen molar-refractivity contribution in [1.82, 2.24) is 16.0 Å². The summed E-state index contributed by atoms with van der Waals surface area (Å²) in [5, 5.41) is 22.3. The number of aliphatic hydroxyl groups is 1. The predicted octanol–water partition coefficient (Wildman–Crippen LogP) is 3.87. The smallest absolute Gasteiger partial charge is 0.251 e. The van der Waals surface area contributed by atoms with Gasteiger partial charge in [0.25, 0.3) is 5.91 Å². The molecule has 0 spiro atoms. The molecule has 0 aliphatic heterocycles. The van der Waals surface area contributed by atoms with Crippen LogP contribution in [-0.4, -0.2) is 43.2 Å². The number of aliphatic imine (C=N–C) groups is 1. The number of nitrogens with one attached hydrogen (secondary N) is 3. The van der Waals surface area contributed by atoms with Gasteiger partial charge in [0, 0.05) is 30.1 Å². The summed E-state index contributed by atoms with van der Waals surface area (Å²) in [6.07, 6.45) is 0. The van der Waals surface area contributed by atoms with Gasteiger partial charge >= 0.3 is 0 Å². The molecule has 1 aromatic carbocycles. The highest BCUT2D eigenvalue weighted by molar-refractivity contribution is 14.0. The van der Waals surface area contributed by atoms with Gasteiger partial charge in [0.15, 0.2) is 5.96 Å². The van der Waals surface area contributed by atoms with E-state index in [9.17, 15) is 9.90 Å². The molecule has 6 nitrogen and oxygen atoms in total. The summed E-state index contributed by atoms with van der Waals surface area (Å²) in [4.78, 5) is 17.5. The number of thiophene rings is 1. The van der Waals surface area contributed by atoms with Crippen molar-refractivity contribution in [1.29, 1.82) is 0 Å². The average Bonchev–Trinajstić information content (AvgIpc) is 3.21. The molecule has 0 radical (unpaired) electrons. The van der Waals surface area contributed by atoms with Crippen molar-refractivity contribution >= 4 is 70.4 Å². The fraction of sp³-hybridized carbons (Fsp3) is 0.368. The summed E-state index contributed by atoms with van der Waals surface area (Å²) in [5.74, 6) is 0.339. The van der Waals surface area contributed by atoms with Crippen LogP contribution in [0.2, 0.25) is 10.0 Å². The van der Waals surface area contributed by atoms with Crippen molar-refractivity contribution < 1.29 is 9.90 Å². The first-order valence-corrected chi connectivity index (χ1v) is 10.5. The number of halogens is 3. The van der Waals surface area contributed by atoms with Crippen LogP contribution in [0.1, 0.15) is 29.1 Å². The normalized spacial score (nSPS) is 13.2. The minimum Gasteiger partial charge on any atom is -0.383 e. The molecule has 10 heteroatoms. The van der Waals surface area contributed by atoms with Crippen LogP contribution in [0.4, 0.5) is 0 Å². The third kappa shape index (κ3) is 8.29. The second-order valence-corrected chi connectivity index (χ2v) is 8.02. The first-order chi connectivity index (χ1) is 13.3. The average molecular weight is 571 g/mol. The quantitative estimate of drug-likeness (QED) is 0.168. The summed E-state index contributed by atoms with van der Waals surface area (Å²) >= 11 is 13.3. The third-order valence-electron chi connectivity index (χ3n) is 3.83. The lowest BCUT2D eigenvalue weighted by atomic mass is 10.1. The number of rotatable bonds is 8. The zero-order chi connectivity index (χ0) is 20.6. The summed E-state index contributed by atoms with van der Waals surface area (Å²) in [6, 6.07) is 8.53. The molecule has 0 fully saturated rings. The molecule has 4 N–H and O–H groups in total. The lowest BCUT2D eigenvalue weighted by molar-refractivity contribution is 0.0711. The zero-order valence-corrected chi connectivity index (χ0v) is 20.8. The van der Waals surface area contributed by atoms with Gasteiger partial charge in [-0.3, -0.25) is 4.79 Å². The van der Waals surface area contributed by atoms with Crippen molar-refractivity contribution in [3.63, 3.8) is 0 Å². The monoisotopic (exact) mass is 570 g/mol. The number of hydrogen-bond acceptors (Lipinski definition) is 4. The van der Waals surface area contributed by atoms with Crippen molar-refractivity contribution in [2.75, 3.05) is 26.2 Å². The van der Waals surface area contributed by atoms with Crippen LogP contribution >= 0.6 is 58.5 Å². The Hall–Kier alpha value is -1.07. The van der Waals surface area contributed by atoms with Gasteiger partial charge in [0.05, 0.1) is 16.6 Å². The van der Waals surface area contributed by atoms with E-state index in [1.165, 1.54) is 17.4 Å². The fourth-order valence-corrected chi connectivity index (χ4v) is 3.41. The van der Waals surface area contributed by atoms with E-state index in [0.717, 1.165) is 4.88 Å². The van der Waals surface area contributed by atoms with Crippen molar-refractivity contribution in [3.05, 3.63) is 56.2 Å². The van der Waals surface area contributed by atoms with Gasteiger partial charge < -0.3 is 21.1 Å². The Morgan fingerprint density at radius 3 is 2.52 bits per heavy atom. The van der Waals surface area contributed by atoms with E-state index in [-0.39, 0.29) is 36.4 Å². The number of hydrogen-bond donors (Lipinski definition) is 4. The summed E-state index contributed by atoms with van der Waals surface area (Å²) in [5.41, 5.74) is -0.583. The maximum atomic E-state index is 12.1. The zero-order valence-electron chi connectivity index (χ0n) is 16.2. The van der Waals surface area contributed by atoms with Gasteiger partial charge in [-0.15, -0.1) is 35.3 Å². The molecule has 1 atom stereocenters. The van der Waals surface area contributed by atoms with E-state index in [1.54, 1.807) is 19.1 Å². The highest BCUT2D eigenvalue weighted by Gasteiger charge is 2.23. The Morgan fingerprint density at radius 2 is 1.90 bits per heavy atom. The minimum atomic E-state index is -1.03. The van der Waals surface area contributed by atoms with Crippen molar-refractivity contribution in [3.8, 4) is 0 Å². The number of carbonyl (C=O) groups is 1. The minimum absolute atomic E-state index is 0. The van der Waals surface area contributed by atoms with Gasteiger partial charge in [-0.25, -0.2) is 4.99 Å². The first-order valence-electron chi connectivity index (χ1n) is 8.85. The maximum Gasteiger partial charge on any atom is 0.251 e. The van der Waals surface area contributed by atoms with Crippen LogP contribution in [0.5, 0.6) is 0 Å². The van der Waals surface area contributed by atoms with Crippen LogP contribution < -0.4 is 16.0 Å². The van der Waals surface area contributed by atoms with Gasteiger partial charge in [-0.05, 0) is 43.5 Å². The molecule has 29 heavy (non-hydrogen) atoms. The Balaban J connectivity index is 0.00000420. The molecule has 1 unspecified atom stereocenters. The SMILES string of the molecule is CCNC(=NCC(C)(O)c1cccs1)NCCNC(=O)c1ccc(Cl)c(Cl)c1.I. The number of nitrogens with zero attached hydrogens (tertiary/aromatic N) is 1. The van der Waals surface area contributed by atoms with Crippen LogP contribution in [0.3, 0.4) is 0 Å². The Morgan fingerprint density at radius 1 is 1.17 bits per heavy atom. The first kappa shape index (κ1) is 26.0. The number of benzene rings is 1. The molecule has 1 aromatic heterocycles. The molecule has 0 saturated carbocycles. The molecular weight excluding hydrogens is 546 g/mol. The molecule has 1 heterocycles. The lowest BCUT2D eigenvalue weighted by Crippen LogP contribution is -2.42. The maximum absolute atomic E-state index is 12.1. The highest BCUT2D eigenvalue weighted by atomic mass is 127. The molecule has 2 rings (SSSR count). The van der Waals surface area contributed by atoms with E-state index < -0.39 is 5.60 Å². The molecule has 2 aromatic rings. The van der Waals surface area contributed by atoms with E-state index in [0.29, 0.717) is 41.2 Å². The molecule has 0 aliphatic rings. The highest BCUT2D eigenvalue weighted by Crippen LogP contribution is 2.25. The molecule has 0 bridgehead atoms. The van der Waals surface area contributed by atoms with Gasteiger partial charge in [-0.1, -0.05) is 29.3 Å². The summed E-state index contributed by atoms with van der Waals surface area (Å²) in [7, 11) is 0. The number of carbonyl (C=O) groups excluding carboxylic acids is 1. The van der Waals surface area contributed by atoms with Gasteiger partial charge in [0.1, 0.15) is 5.60 Å². The Kier molecular flexibility index (Phi) is 11.3. The Bertz CT molecular complexity index is 817. The fourth-order valence-electron chi connectivity index (χ4n) is 2.33. The standard InChI is InChI=1S/C19H24Cl2N4O2S.HI/c1-3-22-18(25-12-19(2,27)16-5-4-10-28-16)24-9-8-23-17(26)13-6-7-14(20)15(21)11-13;/h4-7,10-11,27H,3,8-9,12H2,1-2H3,(H,23,26)(H2,22,24,25);1H.